The molecule has 0 aliphatic carbocycles. The van der Waals surface area contributed by atoms with E-state index >= 15 is 0 Å². The van der Waals surface area contributed by atoms with Crippen molar-refractivity contribution >= 4 is 27.5 Å². The van der Waals surface area contributed by atoms with Crippen molar-refractivity contribution in [2.75, 3.05) is 19.7 Å². The number of hydrogen-bond donors (Lipinski definition) is 1. The molecule has 0 heterocycles. The zero-order valence-electron chi connectivity index (χ0n) is 16.2. The van der Waals surface area contributed by atoms with Crippen LogP contribution in [-0.4, -0.2) is 38.3 Å². The molecule has 2 rings (SSSR count). The summed E-state index contributed by atoms with van der Waals surface area (Å²) in [6.45, 7) is 6.12. The van der Waals surface area contributed by atoms with Crippen molar-refractivity contribution in [3.05, 3.63) is 58.6 Å². The van der Waals surface area contributed by atoms with Gasteiger partial charge in [-0.1, -0.05) is 48.4 Å². The summed E-state index contributed by atoms with van der Waals surface area (Å²) in [5, 5.41) is 2.97. The summed E-state index contributed by atoms with van der Waals surface area (Å²) >= 11 is 6.11. The van der Waals surface area contributed by atoms with E-state index in [4.69, 9.17) is 16.3 Å². The van der Waals surface area contributed by atoms with Crippen LogP contribution in [0.3, 0.4) is 0 Å². The molecule has 0 unspecified atom stereocenters. The number of likely N-dealkylation sites (N-methyl/N-ethyl adjacent to an activating group) is 1. The fourth-order valence-electron chi connectivity index (χ4n) is 2.67. The maximum Gasteiger partial charge on any atom is 0.243 e. The van der Waals surface area contributed by atoms with Gasteiger partial charge in [0.25, 0.3) is 0 Å². The average Bonchev–Trinajstić information content (AvgIpc) is 2.66. The van der Waals surface area contributed by atoms with E-state index < -0.39 is 10.0 Å². The number of sulfonamides is 1. The van der Waals surface area contributed by atoms with E-state index in [9.17, 15) is 13.2 Å². The Labute approximate surface area is 171 Å². The van der Waals surface area contributed by atoms with Gasteiger partial charge in [-0.2, -0.15) is 4.31 Å². The lowest BCUT2D eigenvalue weighted by Gasteiger charge is -2.20. The molecule has 8 heteroatoms. The number of hydrogen-bond acceptors (Lipinski definition) is 4. The summed E-state index contributed by atoms with van der Waals surface area (Å²) in [6, 6.07) is 12.0. The quantitative estimate of drug-likeness (QED) is 0.669. The number of halogens is 1. The average molecular weight is 425 g/mol. The van der Waals surface area contributed by atoms with E-state index in [2.05, 4.69) is 5.32 Å². The van der Waals surface area contributed by atoms with E-state index in [1.54, 1.807) is 6.92 Å². The molecule has 0 bridgehead atoms. The van der Waals surface area contributed by atoms with Gasteiger partial charge in [0.05, 0.1) is 23.1 Å². The fraction of sp³-hybridized carbons (Fsp3) is 0.350. The number of benzene rings is 2. The molecule has 2 aromatic carbocycles. The number of ether oxygens (including phenoxy) is 1. The monoisotopic (exact) mass is 424 g/mol. The predicted octanol–water partition coefficient (Wildman–Crippen LogP) is 3.37. The fourth-order valence-corrected chi connectivity index (χ4v) is 4.40. The molecule has 2 aromatic rings. The topological polar surface area (TPSA) is 75.7 Å². The van der Waals surface area contributed by atoms with Crippen LogP contribution in [0.15, 0.2) is 47.4 Å². The van der Waals surface area contributed by atoms with Crippen LogP contribution in [0.2, 0.25) is 5.02 Å². The van der Waals surface area contributed by atoms with Gasteiger partial charge in [-0.15, -0.1) is 0 Å². The minimum Gasteiger partial charge on any atom is -0.492 e. The Bertz CT molecular complexity index is 932. The van der Waals surface area contributed by atoms with Gasteiger partial charge in [0.15, 0.2) is 0 Å². The Morgan fingerprint density at radius 1 is 1.18 bits per heavy atom. The van der Waals surface area contributed by atoms with Crippen LogP contribution in [0.1, 0.15) is 25.0 Å². The second-order valence-corrected chi connectivity index (χ2v) is 8.57. The van der Waals surface area contributed by atoms with Gasteiger partial charge < -0.3 is 10.1 Å². The first-order chi connectivity index (χ1) is 13.3. The Balaban J connectivity index is 2.08. The summed E-state index contributed by atoms with van der Waals surface area (Å²) in [6.07, 6.45) is 0. The highest BCUT2D eigenvalue weighted by molar-refractivity contribution is 7.89. The maximum atomic E-state index is 12.9. The van der Waals surface area contributed by atoms with Crippen molar-refractivity contribution in [2.45, 2.75) is 32.2 Å². The van der Waals surface area contributed by atoms with Crippen LogP contribution in [0.5, 0.6) is 5.75 Å². The van der Waals surface area contributed by atoms with Gasteiger partial charge in [0, 0.05) is 13.1 Å². The third-order valence-corrected chi connectivity index (χ3v) is 6.30. The van der Waals surface area contributed by atoms with Gasteiger partial charge in [-0.25, -0.2) is 8.42 Å². The van der Waals surface area contributed by atoms with Gasteiger partial charge >= 0.3 is 0 Å². The van der Waals surface area contributed by atoms with Gasteiger partial charge in [0.1, 0.15) is 5.75 Å². The van der Waals surface area contributed by atoms with E-state index in [1.165, 1.54) is 18.2 Å². The molecule has 0 aliphatic rings. The molecule has 0 aliphatic heterocycles. The van der Waals surface area contributed by atoms with E-state index in [0.717, 1.165) is 15.4 Å². The second-order valence-electron chi connectivity index (χ2n) is 6.22. The number of aryl methyl sites for hydroxylation is 1. The van der Waals surface area contributed by atoms with Crippen LogP contribution in [0, 0.1) is 6.92 Å². The second kappa shape index (κ2) is 9.91. The highest BCUT2D eigenvalue weighted by Crippen LogP contribution is 2.28. The molecule has 0 spiro atoms. The summed E-state index contributed by atoms with van der Waals surface area (Å²) < 4.78 is 32.2. The molecule has 0 saturated carbocycles. The Morgan fingerprint density at radius 2 is 1.93 bits per heavy atom. The van der Waals surface area contributed by atoms with Crippen molar-refractivity contribution in [1.82, 2.24) is 9.62 Å². The summed E-state index contributed by atoms with van der Waals surface area (Å²) in [4.78, 5) is 12.3. The van der Waals surface area contributed by atoms with Crippen LogP contribution in [-0.2, 0) is 21.4 Å². The minimum atomic E-state index is -3.86. The first-order valence-corrected chi connectivity index (χ1v) is 10.8. The number of nitrogens with one attached hydrogen (secondary N) is 1. The van der Waals surface area contributed by atoms with Crippen molar-refractivity contribution in [3.8, 4) is 5.75 Å². The number of rotatable bonds is 9. The number of carbonyl (C=O) groups is 1. The molecule has 0 saturated heterocycles. The first kappa shape index (κ1) is 22.2. The smallest absolute Gasteiger partial charge is 0.243 e. The third kappa shape index (κ3) is 5.70. The van der Waals surface area contributed by atoms with Crippen molar-refractivity contribution < 1.29 is 17.9 Å². The molecular formula is C20H25ClN2O4S. The molecule has 0 atom stereocenters. The maximum absolute atomic E-state index is 12.9. The Hall–Kier alpha value is -2.09. The number of carbonyl (C=O) groups excluding carboxylic acids is 1. The summed E-state index contributed by atoms with van der Waals surface area (Å²) in [7, 11) is -3.86. The first-order valence-electron chi connectivity index (χ1n) is 9.02. The van der Waals surface area contributed by atoms with Crippen LogP contribution >= 0.6 is 11.6 Å². The van der Waals surface area contributed by atoms with Crippen molar-refractivity contribution in [3.63, 3.8) is 0 Å². The van der Waals surface area contributed by atoms with Crippen molar-refractivity contribution in [1.29, 1.82) is 0 Å². The van der Waals surface area contributed by atoms with Crippen LogP contribution in [0.4, 0.5) is 0 Å². The van der Waals surface area contributed by atoms with E-state index in [0.29, 0.717) is 18.9 Å². The highest BCUT2D eigenvalue weighted by Gasteiger charge is 2.26. The largest absolute Gasteiger partial charge is 0.492 e. The van der Waals surface area contributed by atoms with Gasteiger partial charge in [-0.3, -0.25) is 4.79 Å². The molecular weight excluding hydrogens is 400 g/mol. The van der Waals surface area contributed by atoms with Crippen LogP contribution < -0.4 is 10.1 Å². The Morgan fingerprint density at radius 3 is 2.54 bits per heavy atom. The zero-order chi connectivity index (χ0) is 20.7. The lowest BCUT2D eigenvalue weighted by Crippen LogP contribution is -2.40. The lowest BCUT2D eigenvalue weighted by atomic mass is 10.1. The molecule has 0 radical (unpaired) electrons. The highest BCUT2D eigenvalue weighted by atomic mass is 35.5. The summed E-state index contributed by atoms with van der Waals surface area (Å²) in [5.74, 6) is 0.0472. The number of nitrogens with zero attached hydrogens (tertiary/aromatic N) is 1. The molecule has 1 N–H and O–H groups in total. The normalized spacial score (nSPS) is 11.5. The van der Waals surface area contributed by atoms with Gasteiger partial charge in [-0.05, 0) is 37.6 Å². The SMILES string of the molecule is CCOc1ccc(S(=O)(=O)N(CC)CC(=O)NCc2cccc(C)c2)cc1Cl. The molecule has 0 fully saturated rings. The molecule has 152 valence electrons. The lowest BCUT2D eigenvalue weighted by molar-refractivity contribution is -0.121. The van der Waals surface area contributed by atoms with Crippen LogP contribution in [0.25, 0.3) is 0 Å². The van der Waals surface area contributed by atoms with Gasteiger partial charge in [0.2, 0.25) is 15.9 Å². The minimum absolute atomic E-state index is 0.0225. The van der Waals surface area contributed by atoms with E-state index in [1.807, 2.05) is 38.1 Å². The standard InChI is InChI=1S/C20H25ClN2O4S/c1-4-23(14-20(24)22-13-16-8-6-7-15(3)11-16)28(25,26)17-9-10-19(27-5-2)18(21)12-17/h6-12H,4-5,13-14H2,1-3H3,(H,22,24). The third-order valence-electron chi connectivity index (χ3n) is 4.09. The molecule has 6 nitrogen and oxygen atoms in total. The number of amides is 1. The predicted molar refractivity (Wildman–Crippen MR) is 110 cm³/mol. The Kier molecular flexibility index (Phi) is 7.86. The summed E-state index contributed by atoms with van der Waals surface area (Å²) in [5.41, 5.74) is 2.05. The molecule has 28 heavy (non-hydrogen) atoms. The molecule has 1 amide bonds. The van der Waals surface area contributed by atoms with Crippen molar-refractivity contribution in [2.24, 2.45) is 0 Å². The molecule has 0 aromatic heterocycles. The van der Waals surface area contributed by atoms with E-state index in [-0.39, 0.29) is 28.9 Å². The zero-order valence-corrected chi connectivity index (χ0v) is 17.8.